The van der Waals surface area contributed by atoms with Crippen LogP contribution in [0.4, 0.5) is 0 Å². The van der Waals surface area contributed by atoms with Gasteiger partial charge in [0.05, 0.1) is 12.6 Å². The predicted molar refractivity (Wildman–Crippen MR) is 110 cm³/mol. The van der Waals surface area contributed by atoms with Gasteiger partial charge >= 0.3 is 0 Å². The van der Waals surface area contributed by atoms with Crippen LogP contribution in [0.1, 0.15) is 90.4 Å². The van der Waals surface area contributed by atoms with Crippen molar-refractivity contribution >= 4 is 5.91 Å². The smallest absolute Gasteiger partial charge is 0.220 e. The third kappa shape index (κ3) is 17.7. The van der Waals surface area contributed by atoms with Crippen molar-refractivity contribution in [1.29, 1.82) is 0 Å². The number of carbonyl (C=O) groups excluding carboxylic acids is 1. The van der Waals surface area contributed by atoms with Crippen LogP contribution in [-0.2, 0) is 4.79 Å². The Labute approximate surface area is 160 Å². The fourth-order valence-electron chi connectivity index (χ4n) is 2.76. The number of rotatable bonds is 18. The number of nitrogens with one attached hydrogen (secondary N) is 1. The minimum absolute atomic E-state index is 0.0187. The molecule has 0 aliphatic heterocycles. The second kappa shape index (κ2) is 20.2. The van der Waals surface area contributed by atoms with Gasteiger partial charge in [-0.1, -0.05) is 63.3 Å². The summed E-state index contributed by atoms with van der Waals surface area (Å²) in [5.74, 6) is -0.0248. The normalized spacial score (nSPS) is 12.9. The molecular weight excluding hydrogens is 326 g/mol. The summed E-state index contributed by atoms with van der Waals surface area (Å²) in [7, 11) is 0. The number of aliphatic hydroxyl groups is 2. The van der Waals surface area contributed by atoms with E-state index in [1.165, 1.54) is 44.9 Å². The van der Waals surface area contributed by atoms with Gasteiger partial charge in [-0.2, -0.15) is 0 Å². The summed E-state index contributed by atoms with van der Waals surface area (Å²) in [5, 5.41) is 20.7. The van der Waals surface area contributed by atoms with Crippen LogP contribution >= 0.6 is 0 Å². The van der Waals surface area contributed by atoms with E-state index in [0.29, 0.717) is 12.8 Å². The molecule has 0 heterocycles. The molecule has 152 valence electrons. The highest BCUT2D eigenvalue weighted by atomic mass is 16.3. The van der Waals surface area contributed by atoms with E-state index >= 15 is 0 Å². The van der Waals surface area contributed by atoms with Gasteiger partial charge in [0.25, 0.3) is 0 Å². The molecule has 26 heavy (non-hydrogen) atoms. The summed E-state index contributed by atoms with van der Waals surface area (Å²) in [6.07, 6.45) is 22.9. The number of amides is 1. The van der Waals surface area contributed by atoms with Gasteiger partial charge in [0.2, 0.25) is 5.91 Å². The largest absolute Gasteiger partial charge is 0.396 e. The topological polar surface area (TPSA) is 69.6 Å². The van der Waals surface area contributed by atoms with Crippen molar-refractivity contribution in [3.63, 3.8) is 0 Å². The molecular formula is C22H41NO3. The SMILES string of the molecule is CCCCC/C=C\C/C=C\CCCCCCCC(=O)N[C@@H](CO)CCO. The van der Waals surface area contributed by atoms with Crippen LogP contribution in [-0.4, -0.2) is 35.4 Å². The van der Waals surface area contributed by atoms with Gasteiger partial charge in [-0.05, 0) is 44.9 Å². The minimum Gasteiger partial charge on any atom is -0.396 e. The van der Waals surface area contributed by atoms with Gasteiger partial charge in [-0.15, -0.1) is 0 Å². The van der Waals surface area contributed by atoms with Crippen LogP contribution in [0.2, 0.25) is 0 Å². The Balaban J connectivity index is 3.40. The Morgan fingerprint density at radius 1 is 0.885 bits per heavy atom. The number of hydrogen-bond donors (Lipinski definition) is 3. The third-order valence-corrected chi connectivity index (χ3v) is 4.42. The first kappa shape index (κ1) is 24.9. The molecule has 0 saturated heterocycles. The highest BCUT2D eigenvalue weighted by Gasteiger charge is 2.09. The molecule has 0 aromatic rings. The lowest BCUT2D eigenvalue weighted by molar-refractivity contribution is -0.122. The number of hydrogen-bond acceptors (Lipinski definition) is 3. The monoisotopic (exact) mass is 367 g/mol. The van der Waals surface area contributed by atoms with Crippen molar-refractivity contribution in [2.45, 2.75) is 96.4 Å². The van der Waals surface area contributed by atoms with Crippen molar-refractivity contribution in [3.8, 4) is 0 Å². The van der Waals surface area contributed by atoms with Crippen molar-refractivity contribution in [2.75, 3.05) is 13.2 Å². The second-order valence-electron chi connectivity index (χ2n) is 6.94. The first-order valence-electron chi connectivity index (χ1n) is 10.6. The number of carbonyl (C=O) groups is 1. The number of allylic oxidation sites excluding steroid dienone is 4. The van der Waals surface area contributed by atoms with Crippen molar-refractivity contribution in [1.82, 2.24) is 5.32 Å². The molecule has 0 aromatic carbocycles. The van der Waals surface area contributed by atoms with E-state index < -0.39 is 0 Å². The predicted octanol–water partition coefficient (Wildman–Crippen LogP) is 4.66. The third-order valence-electron chi connectivity index (χ3n) is 4.42. The van der Waals surface area contributed by atoms with Gasteiger partial charge in [-0.25, -0.2) is 0 Å². The van der Waals surface area contributed by atoms with Gasteiger partial charge < -0.3 is 15.5 Å². The highest BCUT2D eigenvalue weighted by molar-refractivity contribution is 5.76. The molecule has 0 saturated carbocycles. The quantitative estimate of drug-likeness (QED) is 0.244. The van der Waals surface area contributed by atoms with Crippen LogP contribution in [0, 0.1) is 0 Å². The average molecular weight is 368 g/mol. The van der Waals surface area contributed by atoms with Crippen molar-refractivity contribution in [3.05, 3.63) is 24.3 Å². The molecule has 0 radical (unpaired) electrons. The zero-order chi connectivity index (χ0) is 19.3. The second-order valence-corrected chi connectivity index (χ2v) is 6.94. The van der Waals surface area contributed by atoms with Crippen LogP contribution in [0.25, 0.3) is 0 Å². The van der Waals surface area contributed by atoms with Crippen LogP contribution < -0.4 is 5.32 Å². The summed E-state index contributed by atoms with van der Waals surface area (Å²) >= 11 is 0. The van der Waals surface area contributed by atoms with Gasteiger partial charge in [0.15, 0.2) is 0 Å². The first-order valence-corrected chi connectivity index (χ1v) is 10.6. The van der Waals surface area contributed by atoms with E-state index in [-0.39, 0.29) is 25.2 Å². The maximum absolute atomic E-state index is 11.7. The molecule has 1 atom stereocenters. The highest BCUT2D eigenvalue weighted by Crippen LogP contribution is 2.08. The summed E-state index contributed by atoms with van der Waals surface area (Å²) in [6, 6.07) is -0.314. The molecule has 0 spiro atoms. The van der Waals surface area contributed by atoms with Crippen LogP contribution in [0.5, 0.6) is 0 Å². The van der Waals surface area contributed by atoms with Crippen LogP contribution in [0.15, 0.2) is 24.3 Å². The minimum atomic E-state index is -0.314. The maximum atomic E-state index is 11.7. The molecule has 0 bridgehead atoms. The van der Waals surface area contributed by atoms with E-state index in [1.54, 1.807) is 0 Å². The lowest BCUT2D eigenvalue weighted by Gasteiger charge is -2.14. The van der Waals surface area contributed by atoms with Crippen molar-refractivity contribution in [2.24, 2.45) is 0 Å². The van der Waals surface area contributed by atoms with E-state index in [0.717, 1.165) is 25.7 Å². The molecule has 0 aromatic heterocycles. The van der Waals surface area contributed by atoms with Crippen LogP contribution in [0.3, 0.4) is 0 Å². The Hall–Kier alpha value is -1.13. The summed E-state index contributed by atoms with van der Waals surface area (Å²) < 4.78 is 0. The van der Waals surface area contributed by atoms with E-state index in [4.69, 9.17) is 10.2 Å². The molecule has 4 heteroatoms. The van der Waals surface area contributed by atoms with E-state index in [9.17, 15) is 4.79 Å². The lowest BCUT2D eigenvalue weighted by Crippen LogP contribution is -2.37. The van der Waals surface area contributed by atoms with E-state index in [2.05, 4.69) is 36.5 Å². The van der Waals surface area contributed by atoms with Gasteiger partial charge in [-0.3, -0.25) is 4.79 Å². The molecule has 4 nitrogen and oxygen atoms in total. The van der Waals surface area contributed by atoms with Crippen molar-refractivity contribution < 1.29 is 15.0 Å². The number of aliphatic hydroxyl groups excluding tert-OH is 2. The molecule has 0 aliphatic rings. The fourth-order valence-corrected chi connectivity index (χ4v) is 2.76. The molecule has 0 unspecified atom stereocenters. The Morgan fingerprint density at radius 2 is 1.50 bits per heavy atom. The molecule has 0 aliphatic carbocycles. The fraction of sp³-hybridized carbons (Fsp3) is 0.773. The molecule has 1 amide bonds. The van der Waals surface area contributed by atoms with Gasteiger partial charge in [0, 0.05) is 13.0 Å². The number of unbranched alkanes of at least 4 members (excludes halogenated alkanes) is 8. The molecule has 0 rings (SSSR count). The summed E-state index contributed by atoms with van der Waals surface area (Å²) in [6.45, 7) is 2.10. The molecule has 3 N–H and O–H groups in total. The summed E-state index contributed by atoms with van der Waals surface area (Å²) in [4.78, 5) is 11.7. The van der Waals surface area contributed by atoms with E-state index in [1.807, 2.05) is 0 Å². The lowest BCUT2D eigenvalue weighted by atomic mass is 10.1. The maximum Gasteiger partial charge on any atom is 0.220 e. The Morgan fingerprint density at radius 3 is 2.12 bits per heavy atom. The zero-order valence-electron chi connectivity index (χ0n) is 16.8. The Bertz CT molecular complexity index is 366. The zero-order valence-corrected chi connectivity index (χ0v) is 16.8. The van der Waals surface area contributed by atoms with Gasteiger partial charge in [0.1, 0.15) is 0 Å². The Kier molecular flexibility index (Phi) is 19.3. The molecule has 0 fully saturated rings. The summed E-state index contributed by atoms with van der Waals surface area (Å²) in [5.41, 5.74) is 0. The first-order chi connectivity index (χ1) is 12.7. The average Bonchev–Trinajstić information content (AvgIpc) is 2.64. The standard InChI is InChI=1S/C22H41NO3/c1-2-3-4-5-6-7-8-9-10-11-12-13-14-15-16-17-22(26)23-21(20-25)18-19-24/h6-7,9-10,21,24-25H,2-5,8,11-20H2,1H3,(H,23,26)/b7-6-,10-9-/t21-/m1/s1.